The van der Waals surface area contributed by atoms with Crippen LogP contribution in [0.5, 0.6) is 11.5 Å². The second kappa shape index (κ2) is 6.57. The lowest BCUT2D eigenvalue weighted by Gasteiger charge is -2.17. The number of esters is 1. The van der Waals surface area contributed by atoms with Crippen molar-refractivity contribution in [2.75, 3.05) is 27.0 Å². The molecule has 2 aliphatic rings. The predicted molar refractivity (Wildman–Crippen MR) is 94.3 cm³/mol. The minimum absolute atomic E-state index is 0.0145. The number of carbonyl (C=O) groups excluding carboxylic acids is 1. The predicted octanol–water partition coefficient (Wildman–Crippen LogP) is 2.44. The number of methoxy groups -OCH3 is 1. The van der Waals surface area contributed by atoms with Crippen LogP contribution in [0.15, 0.2) is 34.5 Å². The zero-order valence-electron chi connectivity index (χ0n) is 14.0. The van der Waals surface area contributed by atoms with Crippen molar-refractivity contribution < 1.29 is 27.4 Å². The Morgan fingerprint density at radius 1 is 1.27 bits per heavy atom. The van der Waals surface area contributed by atoms with E-state index in [4.69, 9.17) is 9.47 Å². The summed E-state index contributed by atoms with van der Waals surface area (Å²) in [5.41, 5.74) is 1.02. The molecule has 0 N–H and O–H groups in total. The number of carbonyl (C=O) groups is 1. The minimum atomic E-state index is -3.75. The molecule has 1 aromatic heterocycles. The van der Waals surface area contributed by atoms with Crippen LogP contribution in [0.3, 0.4) is 0 Å². The summed E-state index contributed by atoms with van der Waals surface area (Å²) in [4.78, 5) is 12.0. The summed E-state index contributed by atoms with van der Waals surface area (Å²) in [7, 11) is -2.51. The molecular formula is C17H17NO6S2. The van der Waals surface area contributed by atoms with Gasteiger partial charge in [-0.1, -0.05) is 6.07 Å². The van der Waals surface area contributed by atoms with Crippen LogP contribution in [0, 0.1) is 0 Å². The topological polar surface area (TPSA) is 82.1 Å². The summed E-state index contributed by atoms with van der Waals surface area (Å²) in [6.07, 6.45) is 0.705. The number of ether oxygens (including phenoxy) is 3. The molecule has 3 heterocycles. The largest absolute Gasteiger partial charge is 0.465 e. The van der Waals surface area contributed by atoms with E-state index in [1.54, 1.807) is 5.38 Å². The third-order valence-corrected chi connectivity index (χ3v) is 7.57. The Morgan fingerprint density at radius 3 is 2.88 bits per heavy atom. The molecule has 1 unspecified atom stereocenters. The maximum atomic E-state index is 13.0. The van der Waals surface area contributed by atoms with Crippen molar-refractivity contribution in [3.05, 3.63) is 40.1 Å². The maximum absolute atomic E-state index is 13.0. The lowest BCUT2D eigenvalue weighted by molar-refractivity contribution is 0.0602. The number of sulfonamides is 1. The molecule has 1 saturated heterocycles. The van der Waals surface area contributed by atoms with Crippen LogP contribution in [0.25, 0.3) is 0 Å². The molecule has 0 saturated carbocycles. The Hall–Kier alpha value is -2.10. The first-order valence-electron chi connectivity index (χ1n) is 8.06. The second-order valence-electron chi connectivity index (χ2n) is 6.07. The fourth-order valence-electron chi connectivity index (χ4n) is 3.27. The maximum Gasteiger partial charge on any atom is 0.349 e. The summed E-state index contributed by atoms with van der Waals surface area (Å²) in [5, 5.41) is 1.59. The minimum Gasteiger partial charge on any atom is -0.465 e. The fourth-order valence-corrected chi connectivity index (χ4v) is 6.08. The number of thiophene rings is 1. The monoisotopic (exact) mass is 395 g/mol. The van der Waals surface area contributed by atoms with Crippen LogP contribution in [-0.4, -0.2) is 45.7 Å². The summed E-state index contributed by atoms with van der Waals surface area (Å²) in [5.74, 6) is 0.830. The molecule has 9 heteroatoms. The van der Waals surface area contributed by atoms with Gasteiger partial charge in [-0.05, 0) is 41.5 Å². The quantitative estimate of drug-likeness (QED) is 0.740. The van der Waals surface area contributed by atoms with Crippen molar-refractivity contribution in [3.8, 4) is 11.5 Å². The molecule has 1 aromatic carbocycles. The molecule has 0 spiro atoms. The second-order valence-corrected chi connectivity index (χ2v) is 8.89. The van der Waals surface area contributed by atoms with E-state index in [1.807, 2.05) is 18.2 Å². The van der Waals surface area contributed by atoms with Crippen LogP contribution in [0.4, 0.5) is 0 Å². The molecule has 7 nitrogen and oxygen atoms in total. The van der Waals surface area contributed by atoms with E-state index < -0.39 is 16.0 Å². The van der Waals surface area contributed by atoms with Gasteiger partial charge in [0.05, 0.1) is 7.11 Å². The molecule has 138 valence electrons. The van der Waals surface area contributed by atoms with E-state index >= 15 is 0 Å². The van der Waals surface area contributed by atoms with Crippen molar-refractivity contribution in [2.24, 2.45) is 0 Å². The van der Waals surface area contributed by atoms with Crippen molar-refractivity contribution in [3.63, 3.8) is 0 Å². The van der Waals surface area contributed by atoms with E-state index in [0.717, 1.165) is 16.9 Å². The van der Waals surface area contributed by atoms with Gasteiger partial charge in [-0.2, -0.15) is 4.31 Å². The molecule has 1 fully saturated rings. The number of rotatable bonds is 4. The van der Waals surface area contributed by atoms with Crippen molar-refractivity contribution in [1.82, 2.24) is 4.31 Å². The Morgan fingerprint density at radius 2 is 2.08 bits per heavy atom. The highest BCUT2D eigenvalue weighted by Gasteiger charge is 2.36. The lowest BCUT2D eigenvalue weighted by Crippen LogP contribution is -2.29. The molecule has 4 rings (SSSR count). The number of fused-ring (bicyclic) bond motifs is 1. The highest BCUT2D eigenvalue weighted by molar-refractivity contribution is 7.89. The molecule has 0 radical (unpaired) electrons. The van der Waals surface area contributed by atoms with Gasteiger partial charge >= 0.3 is 5.97 Å². The Labute approximate surface area is 155 Å². The van der Waals surface area contributed by atoms with Gasteiger partial charge in [0.15, 0.2) is 11.5 Å². The third-order valence-electron chi connectivity index (χ3n) is 4.64. The number of hydrogen-bond donors (Lipinski definition) is 0. The van der Waals surface area contributed by atoms with Crippen molar-refractivity contribution >= 4 is 27.3 Å². The van der Waals surface area contributed by atoms with Gasteiger partial charge in [-0.25, -0.2) is 13.2 Å². The van der Waals surface area contributed by atoms with E-state index in [9.17, 15) is 13.2 Å². The Bertz CT molecular complexity index is 952. The first-order chi connectivity index (χ1) is 12.5. The standard InChI is InChI=1S/C17H17NO6S2/c1-22-17(19)16-15(5-7-25-16)26(20,21)18-6-4-12(9-18)11-2-3-13-14(8-11)24-10-23-13/h2-3,5,7-8,12H,4,6,9-10H2,1H3. The smallest absolute Gasteiger partial charge is 0.349 e. The van der Waals surface area contributed by atoms with E-state index in [0.29, 0.717) is 31.0 Å². The van der Waals surface area contributed by atoms with Crippen LogP contribution in [0.2, 0.25) is 0 Å². The van der Waals surface area contributed by atoms with Gasteiger partial charge in [-0.15, -0.1) is 11.3 Å². The van der Waals surface area contributed by atoms with Gasteiger partial charge in [0.1, 0.15) is 9.77 Å². The van der Waals surface area contributed by atoms with E-state index in [1.165, 1.54) is 17.5 Å². The molecule has 26 heavy (non-hydrogen) atoms. The first kappa shape index (κ1) is 17.3. The molecule has 2 aliphatic heterocycles. The average molecular weight is 395 g/mol. The van der Waals surface area contributed by atoms with Crippen LogP contribution >= 0.6 is 11.3 Å². The molecule has 2 aromatic rings. The van der Waals surface area contributed by atoms with Gasteiger partial charge < -0.3 is 14.2 Å². The Kier molecular flexibility index (Phi) is 4.37. The third kappa shape index (κ3) is 2.85. The van der Waals surface area contributed by atoms with Crippen LogP contribution < -0.4 is 9.47 Å². The highest BCUT2D eigenvalue weighted by Crippen LogP contribution is 2.38. The highest BCUT2D eigenvalue weighted by atomic mass is 32.2. The fraction of sp³-hybridized carbons (Fsp3) is 0.353. The van der Waals surface area contributed by atoms with Gasteiger partial charge in [-0.3, -0.25) is 0 Å². The van der Waals surface area contributed by atoms with Gasteiger partial charge in [0.2, 0.25) is 16.8 Å². The zero-order chi connectivity index (χ0) is 18.3. The number of nitrogens with zero attached hydrogens (tertiary/aromatic N) is 1. The van der Waals surface area contributed by atoms with E-state index in [2.05, 4.69) is 4.74 Å². The Balaban J connectivity index is 1.57. The lowest BCUT2D eigenvalue weighted by atomic mass is 9.98. The zero-order valence-corrected chi connectivity index (χ0v) is 15.6. The summed E-state index contributed by atoms with van der Waals surface area (Å²) in [6, 6.07) is 7.16. The molecule has 0 bridgehead atoms. The number of hydrogen-bond acceptors (Lipinski definition) is 7. The van der Waals surface area contributed by atoms with Crippen molar-refractivity contribution in [2.45, 2.75) is 17.2 Å². The summed E-state index contributed by atoms with van der Waals surface area (Å²) < 4.78 is 42.8. The summed E-state index contributed by atoms with van der Waals surface area (Å²) >= 11 is 1.07. The average Bonchev–Trinajstić information content (AvgIpc) is 3.40. The molecule has 0 amide bonds. The molecular weight excluding hydrogens is 378 g/mol. The first-order valence-corrected chi connectivity index (χ1v) is 10.4. The van der Waals surface area contributed by atoms with Crippen molar-refractivity contribution in [1.29, 1.82) is 0 Å². The van der Waals surface area contributed by atoms with Gasteiger partial charge in [0.25, 0.3) is 0 Å². The van der Waals surface area contributed by atoms with Gasteiger partial charge in [0, 0.05) is 13.1 Å². The SMILES string of the molecule is COC(=O)c1sccc1S(=O)(=O)N1CCC(c2ccc3c(c2)OCO3)C1. The van der Waals surface area contributed by atoms with Crippen LogP contribution in [0.1, 0.15) is 27.6 Å². The normalized spacial score (nSPS) is 19.7. The number of benzene rings is 1. The van der Waals surface area contributed by atoms with Crippen LogP contribution in [-0.2, 0) is 14.8 Å². The van der Waals surface area contributed by atoms with E-state index in [-0.39, 0.29) is 22.5 Å². The molecule has 1 atom stereocenters. The summed E-state index contributed by atoms with van der Waals surface area (Å²) in [6.45, 7) is 0.967. The molecule has 0 aliphatic carbocycles.